The maximum absolute atomic E-state index is 11.9. The van der Waals surface area contributed by atoms with E-state index in [0.29, 0.717) is 25.7 Å². The monoisotopic (exact) mass is 229 g/mol. The number of amides is 1. The number of hydrogen-bond acceptors (Lipinski definition) is 4. The van der Waals surface area contributed by atoms with E-state index in [9.17, 15) is 4.79 Å². The summed E-state index contributed by atoms with van der Waals surface area (Å²) in [7, 11) is 3.55. The second-order valence-corrected chi connectivity index (χ2v) is 4.29. The largest absolute Gasteiger partial charge is 0.383 e. The summed E-state index contributed by atoms with van der Waals surface area (Å²) in [6, 6.07) is 0.481. The first-order valence-electron chi connectivity index (χ1n) is 5.86. The van der Waals surface area contributed by atoms with Gasteiger partial charge < -0.3 is 15.4 Å². The number of methoxy groups -OCH3 is 1. The van der Waals surface area contributed by atoms with Crippen LogP contribution in [0.3, 0.4) is 0 Å². The summed E-state index contributed by atoms with van der Waals surface area (Å²) in [6.07, 6.45) is 2.30. The Morgan fingerprint density at radius 2 is 2.12 bits per heavy atom. The summed E-state index contributed by atoms with van der Waals surface area (Å²) in [4.78, 5) is 15.8. The zero-order valence-corrected chi connectivity index (χ0v) is 10.3. The van der Waals surface area contributed by atoms with Gasteiger partial charge in [-0.05, 0) is 12.8 Å². The van der Waals surface area contributed by atoms with Gasteiger partial charge in [0.1, 0.15) is 0 Å². The first kappa shape index (κ1) is 13.4. The third-order valence-electron chi connectivity index (χ3n) is 2.90. The Kier molecular flexibility index (Phi) is 5.73. The number of carbonyl (C=O) groups is 1. The average molecular weight is 229 g/mol. The summed E-state index contributed by atoms with van der Waals surface area (Å²) < 4.78 is 5.01. The highest BCUT2D eigenvalue weighted by atomic mass is 16.5. The Hall–Kier alpha value is -0.650. The lowest BCUT2D eigenvalue weighted by atomic mass is 10.4. The van der Waals surface area contributed by atoms with Gasteiger partial charge in [0.2, 0.25) is 5.91 Å². The van der Waals surface area contributed by atoms with Crippen LogP contribution in [0.4, 0.5) is 0 Å². The quantitative estimate of drug-likeness (QED) is 0.610. The Labute approximate surface area is 97.5 Å². The molecule has 16 heavy (non-hydrogen) atoms. The fraction of sp³-hybridized carbons (Fsp3) is 0.909. The minimum absolute atomic E-state index is 0.187. The van der Waals surface area contributed by atoms with Crippen molar-refractivity contribution in [3.63, 3.8) is 0 Å². The highest BCUT2D eigenvalue weighted by molar-refractivity contribution is 5.78. The Morgan fingerprint density at radius 3 is 2.62 bits per heavy atom. The van der Waals surface area contributed by atoms with Crippen LogP contribution in [0.5, 0.6) is 0 Å². The summed E-state index contributed by atoms with van der Waals surface area (Å²) in [5.74, 6) is 0.187. The number of hydrogen-bond donors (Lipinski definition) is 1. The molecule has 1 rings (SSSR count). The molecule has 0 aromatic rings. The minimum atomic E-state index is 0.187. The molecule has 0 saturated heterocycles. The molecule has 0 aromatic carbocycles. The molecule has 5 nitrogen and oxygen atoms in total. The molecule has 0 radical (unpaired) electrons. The fourth-order valence-electron chi connectivity index (χ4n) is 1.64. The van der Waals surface area contributed by atoms with E-state index in [1.807, 2.05) is 16.8 Å². The predicted octanol–water partition coefficient (Wildman–Crippen LogP) is -0.486. The van der Waals surface area contributed by atoms with Gasteiger partial charge in [-0.25, -0.2) is 0 Å². The molecule has 0 atom stereocenters. The van der Waals surface area contributed by atoms with E-state index in [4.69, 9.17) is 10.5 Å². The normalized spacial score (nSPS) is 15.5. The van der Waals surface area contributed by atoms with E-state index in [1.165, 1.54) is 0 Å². The molecule has 94 valence electrons. The molecule has 2 N–H and O–H groups in total. The van der Waals surface area contributed by atoms with Crippen molar-refractivity contribution in [1.82, 2.24) is 9.80 Å². The maximum Gasteiger partial charge on any atom is 0.236 e. The van der Waals surface area contributed by atoms with Crippen molar-refractivity contribution in [2.45, 2.75) is 18.9 Å². The molecule has 0 bridgehead atoms. The van der Waals surface area contributed by atoms with Crippen LogP contribution in [0.2, 0.25) is 0 Å². The molecule has 0 unspecified atom stereocenters. The van der Waals surface area contributed by atoms with Crippen molar-refractivity contribution < 1.29 is 9.53 Å². The third kappa shape index (κ3) is 4.47. The van der Waals surface area contributed by atoms with Crippen molar-refractivity contribution in [3.05, 3.63) is 0 Å². The van der Waals surface area contributed by atoms with Crippen LogP contribution in [0.15, 0.2) is 0 Å². The molecule has 0 aromatic heterocycles. The molecule has 5 heteroatoms. The number of carbonyl (C=O) groups excluding carboxylic acids is 1. The zero-order chi connectivity index (χ0) is 12.0. The Bertz CT molecular complexity index is 219. The minimum Gasteiger partial charge on any atom is -0.383 e. The number of nitrogens with two attached hydrogens (primary N) is 1. The lowest BCUT2D eigenvalue weighted by molar-refractivity contribution is -0.131. The van der Waals surface area contributed by atoms with E-state index >= 15 is 0 Å². The van der Waals surface area contributed by atoms with Gasteiger partial charge in [-0.3, -0.25) is 9.69 Å². The molecule has 1 saturated carbocycles. The maximum atomic E-state index is 11.9. The van der Waals surface area contributed by atoms with E-state index in [1.54, 1.807) is 7.11 Å². The van der Waals surface area contributed by atoms with Gasteiger partial charge >= 0.3 is 0 Å². The first-order chi connectivity index (χ1) is 7.69. The molecule has 1 aliphatic rings. The average Bonchev–Trinajstić information content (AvgIpc) is 3.08. The molecule has 0 spiro atoms. The highest BCUT2D eigenvalue weighted by Gasteiger charge is 2.29. The highest BCUT2D eigenvalue weighted by Crippen LogP contribution is 2.25. The van der Waals surface area contributed by atoms with E-state index < -0.39 is 0 Å². The fourth-order valence-corrected chi connectivity index (χ4v) is 1.64. The van der Waals surface area contributed by atoms with Crippen LogP contribution in [0, 0.1) is 0 Å². The number of likely N-dealkylation sites (N-methyl/N-ethyl adjacent to an activating group) is 1. The van der Waals surface area contributed by atoms with Crippen LogP contribution in [0.1, 0.15) is 12.8 Å². The lowest BCUT2D eigenvalue weighted by Crippen LogP contribution is -2.42. The van der Waals surface area contributed by atoms with Crippen LogP contribution in [-0.2, 0) is 9.53 Å². The van der Waals surface area contributed by atoms with E-state index in [-0.39, 0.29) is 5.91 Å². The second-order valence-electron chi connectivity index (χ2n) is 4.29. The van der Waals surface area contributed by atoms with Gasteiger partial charge in [0, 0.05) is 39.8 Å². The number of rotatable bonds is 8. The van der Waals surface area contributed by atoms with Crippen molar-refractivity contribution in [3.8, 4) is 0 Å². The number of ether oxygens (including phenoxy) is 1. The van der Waals surface area contributed by atoms with Gasteiger partial charge in [0.15, 0.2) is 0 Å². The lowest BCUT2D eigenvalue weighted by Gasteiger charge is -2.24. The molecule has 1 fully saturated rings. The smallest absolute Gasteiger partial charge is 0.236 e. The van der Waals surface area contributed by atoms with Crippen LogP contribution < -0.4 is 5.73 Å². The van der Waals surface area contributed by atoms with Crippen molar-refractivity contribution in [2.24, 2.45) is 5.73 Å². The van der Waals surface area contributed by atoms with Crippen molar-refractivity contribution in [2.75, 3.05) is 46.9 Å². The van der Waals surface area contributed by atoms with Gasteiger partial charge in [-0.1, -0.05) is 0 Å². The van der Waals surface area contributed by atoms with Gasteiger partial charge in [0.25, 0.3) is 0 Å². The van der Waals surface area contributed by atoms with Crippen LogP contribution in [-0.4, -0.2) is 68.7 Å². The van der Waals surface area contributed by atoms with Crippen molar-refractivity contribution in [1.29, 1.82) is 0 Å². The van der Waals surface area contributed by atoms with Crippen molar-refractivity contribution >= 4 is 5.91 Å². The van der Waals surface area contributed by atoms with E-state index in [0.717, 1.165) is 25.9 Å². The Morgan fingerprint density at radius 1 is 1.44 bits per heavy atom. The summed E-state index contributed by atoms with van der Waals surface area (Å²) in [5, 5.41) is 0. The SMILES string of the molecule is COCCN(CCN)CC(=O)N(C)C1CC1. The summed E-state index contributed by atoms with van der Waals surface area (Å²) >= 11 is 0. The van der Waals surface area contributed by atoms with E-state index in [2.05, 4.69) is 0 Å². The predicted molar refractivity (Wildman–Crippen MR) is 63.2 cm³/mol. The standard InChI is InChI=1S/C11H23N3O2/c1-13(10-3-4-10)11(15)9-14(6-5-12)7-8-16-2/h10H,3-9,12H2,1-2H3. The van der Waals surface area contributed by atoms with Gasteiger partial charge in [-0.15, -0.1) is 0 Å². The number of nitrogens with zero attached hydrogens (tertiary/aromatic N) is 2. The second kappa shape index (κ2) is 6.83. The molecule has 1 amide bonds. The summed E-state index contributed by atoms with van der Waals surface area (Å²) in [5.41, 5.74) is 5.52. The van der Waals surface area contributed by atoms with Gasteiger partial charge in [0.05, 0.1) is 13.2 Å². The Balaban J connectivity index is 2.30. The first-order valence-corrected chi connectivity index (χ1v) is 5.86. The third-order valence-corrected chi connectivity index (χ3v) is 2.90. The molecular weight excluding hydrogens is 206 g/mol. The van der Waals surface area contributed by atoms with Gasteiger partial charge in [-0.2, -0.15) is 0 Å². The van der Waals surface area contributed by atoms with Crippen LogP contribution >= 0.6 is 0 Å². The zero-order valence-electron chi connectivity index (χ0n) is 10.3. The summed E-state index contributed by atoms with van der Waals surface area (Å²) in [6.45, 7) is 3.17. The van der Waals surface area contributed by atoms with Crippen LogP contribution in [0.25, 0.3) is 0 Å². The molecular formula is C11H23N3O2. The molecule has 1 aliphatic carbocycles. The molecule has 0 heterocycles. The topological polar surface area (TPSA) is 58.8 Å². The molecule has 0 aliphatic heterocycles.